The number of imidazole rings is 1. The van der Waals surface area contributed by atoms with Gasteiger partial charge in [-0.05, 0) is 31.7 Å². The highest BCUT2D eigenvalue weighted by Gasteiger charge is 2.29. The Bertz CT molecular complexity index is 935. The Morgan fingerprint density at radius 3 is 2.59 bits per heavy atom. The van der Waals surface area contributed by atoms with Crippen LogP contribution in [0.3, 0.4) is 0 Å². The highest BCUT2D eigenvalue weighted by atomic mass is 32.2. The Labute approximate surface area is 158 Å². The number of hydrogen-bond donors (Lipinski definition) is 0. The normalized spacial score (nSPS) is 21.4. The maximum absolute atomic E-state index is 12.8. The number of ether oxygens (including phenoxy) is 1. The molecule has 0 bridgehead atoms. The van der Waals surface area contributed by atoms with E-state index in [1.165, 1.54) is 0 Å². The SMILES string of the molecule is CN(C(=O)c1cnc2c(c1)ncn2C1CCOCC1)C1CCS(=O)(=O)CC1. The Kier molecular flexibility index (Phi) is 4.90. The van der Waals surface area contributed by atoms with Crippen molar-refractivity contribution in [1.29, 1.82) is 0 Å². The lowest BCUT2D eigenvalue weighted by atomic mass is 10.1. The number of aromatic nitrogens is 3. The fraction of sp³-hybridized carbons (Fsp3) is 0.611. The minimum absolute atomic E-state index is 0.0588. The van der Waals surface area contributed by atoms with Crippen LogP contribution in [-0.2, 0) is 14.6 Å². The standard InChI is InChI=1S/C18H24N4O4S/c1-21(14-4-8-27(24,25)9-5-14)18(23)13-10-16-17(19-11-13)22(12-20-16)15-2-6-26-7-3-15/h10-12,14-15H,2-9H2,1H3. The topological polar surface area (TPSA) is 94.4 Å². The second-order valence-electron chi connectivity index (χ2n) is 7.36. The molecule has 0 atom stereocenters. The van der Waals surface area contributed by atoms with Gasteiger partial charge in [0.15, 0.2) is 5.65 Å². The molecule has 2 fully saturated rings. The van der Waals surface area contributed by atoms with Crippen LogP contribution in [0.1, 0.15) is 42.1 Å². The minimum Gasteiger partial charge on any atom is -0.381 e. The predicted molar refractivity (Wildman–Crippen MR) is 100 cm³/mol. The molecule has 2 aliphatic heterocycles. The number of fused-ring (bicyclic) bond motifs is 1. The highest BCUT2D eigenvalue weighted by Crippen LogP contribution is 2.25. The van der Waals surface area contributed by atoms with E-state index in [2.05, 4.69) is 14.5 Å². The summed E-state index contributed by atoms with van der Waals surface area (Å²) in [5.74, 6) is 0.138. The number of rotatable bonds is 3. The highest BCUT2D eigenvalue weighted by molar-refractivity contribution is 7.91. The molecule has 4 rings (SSSR count). The van der Waals surface area contributed by atoms with E-state index in [1.54, 1.807) is 30.5 Å². The van der Waals surface area contributed by atoms with Crippen LogP contribution in [0.5, 0.6) is 0 Å². The number of pyridine rings is 1. The lowest BCUT2D eigenvalue weighted by molar-refractivity contribution is 0.0704. The average molecular weight is 392 g/mol. The summed E-state index contributed by atoms with van der Waals surface area (Å²) in [5, 5.41) is 0. The van der Waals surface area contributed by atoms with Gasteiger partial charge in [-0.15, -0.1) is 0 Å². The van der Waals surface area contributed by atoms with Crippen molar-refractivity contribution in [3.8, 4) is 0 Å². The molecular weight excluding hydrogens is 368 g/mol. The van der Waals surface area contributed by atoms with Gasteiger partial charge in [0.1, 0.15) is 15.4 Å². The first-order valence-electron chi connectivity index (χ1n) is 9.32. The van der Waals surface area contributed by atoms with Gasteiger partial charge in [-0.2, -0.15) is 0 Å². The molecule has 2 aliphatic rings. The molecule has 8 nitrogen and oxygen atoms in total. The van der Waals surface area contributed by atoms with Crippen LogP contribution in [0.2, 0.25) is 0 Å². The van der Waals surface area contributed by atoms with Crippen LogP contribution in [0.25, 0.3) is 11.2 Å². The van der Waals surface area contributed by atoms with Gasteiger partial charge in [0.25, 0.3) is 5.91 Å². The minimum atomic E-state index is -2.95. The number of hydrogen-bond acceptors (Lipinski definition) is 6. The molecule has 1 amide bonds. The summed E-state index contributed by atoms with van der Waals surface area (Å²) in [5.41, 5.74) is 1.97. The van der Waals surface area contributed by atoms with Crippen LogP contribution in [0.15, 0.2) is 18.6 Å². The van der Waals surface area contributed by atoms with Crippen molar-refractivity contribution in [3.63, 3.8) is 0 Å². The smallest absolute Gasteiger partial charge is 0.255 e. The zero-order chi connectivity index (χ0) is 19.0. The van der Waals surface area contributed by atoms with Gasteiger partial charge in [-0.25, -0.2) is 18.4 Å². The molecule has 0 saturated carbocycles. The molecule has 2 saturated heterocycles. The van der Waals surface area contributed by atoms with Crippen molar-refractivity contribution in [2.24, 2.45) is 0 Å². The van der Waals surface area contributed by atoms with Crippen molar-refractivity contribution in [1.82, 2.24) is 19.4 Å². The van der Waals surface area contributed by atoms with Gasteiger partial charge < -0.3 is 14.2 Å². The van der Waals surface area contributed by atoms with E-state index in [0.29, 0.717) is 30.0 Å². The number of sulfone groups is 1. The molecule has 0 aliphatic carbocycles. The first-order valence-corrected chi connectivity index (χ1v) is 11.1. The van der Waals surface area contributed by atoms with Gasteiger partial charge in [0, 0.05) is 38.5 Å². The van der Waals surface area contributed by atoms with E-state index >= 15 is 0 Å². The summed E-state index contributed by atoms with van der Waals surface area (Å²) < 4.78 is 30.7. The average Bonchev–Trinajstić information content (AvgIpc) is 3.11. The summed E-state index contributed by atoms with van der Waals surface area (Å²) >= 11 is 0. The van der Waals surface area contributed by atoms with Crippen molar-refractivity contribution in [3.05, 3.63) is 24.2 Å². The van der Waals surface area contributed by atoms with E-state index in [-0.39, 0.29) is 23.5 Å². The van der Waals surface area contributed by atoms with Crippen LogP contribution in [-0.4, -0.2) is 71.6 Å². The van der Waals surface area contributed by atoms with E-state index in [1.807, 2.05) is 0 Å². The molecule has 2 aromatic heterocycles. The summed E-state index contributed by atoms with van der Waals surface area (Å²) in [7, 11) is -1.22. The largest absolute Gasteiger partial charge is 0.381 e. The molecule has 146 valence electrons. The predicted octanol–water partition coefficient (Wildman–Crippen LogP) is 1.43. The van der Waals surface area contributed by atoms with E-state index in [0.717, 1.165) is 31.7 Å². The third-order valence-corrected chi connectivity index (χ3v) is 7.35. The van der Waals surface area contributed by atoms with Gasteiger partial charge in [0.2, 0.25) is 0 Å². The first-order chi connectivity index (χ1) is 12.9. The Hall–Kier alpha value is -2.00. The molecular formula is C18H24N4O4S. The van der Waals surface area contributed by atoms with Gasteiger partial charge in [-0.1, -0.05) is 0 Å². The fourth-order valence-corrected chi connectivity index (χ4v) is 5.37. The molecule has 0 spiro atoms. The summed E-state index contributed by atoms with van der Waals surface area (Å²) in [6.45, 7) is 1.48. The molecule has 27 heavy (non-hydrogen) atoms. The van der Waals surface area contributed by atoms with Gasteiger partial charge in [-0.3, -0.25) is 4.79 Å². The molecule has 2 aromatic rings. The Morgan fingerprint density at radius 1 is 1.19 bits per heavy atom. The van der Waals surface area contributed by atoms with Crippen LogP contribution in [0.4, 0.5) is 0 Å². The third-order valence-electron chi connectivity index (χ3n) is 5.64. The van der Waals surface area contributed by atoms with Crippen molar-refractivity contribution in [2.45, 2.75) is 37.8 Å². The molecule has 0 aromatic carbocycles. The van der Waals surface area contributed by atoms with Gasteiger partial charge >= 0.3 is 0 Å². The lowest BCUT2D eigenvalue weighted by Gasteiger charge is -2.31. The zero-order valence-electron chi connectivity index (χ0n) is 15.4. The number of carbonyl (C=O) groups excluding carboxylic acids is 1. The number of nitrogens with zero attached hydrogens (tertiary/aromatic N) is 4. The summed E-state index contributed by atoms with van der Waals surface area (Å²) in [4.78, 5) is 23.4. The molecule has 0 N–H and O–H groups in total. The zero-order valence-corrected chi connectivity index (χ0v) is 16.2. The Balaban J connectivity index is 1.52. The van der Waals surface area contributed by atoms with Gasteiger partial charge in [0.05, 0.1) is 23.4 Å². The molecule has 0 unspecified atom stereocenters. The quantitative estimate of drug-likeness (QED) is 0.784. The Morgan fingerprint density at radius 2 is 1.89 bits per heavy atom. The van der Waals surface area contributed by atoms with E-state index in [4.69, 9.17) is 4.74 Å². The third kappa shape index (κ3) is 3.70. The van der Waals surface area contributed by atoms with E-state index in [9.17, 15) is 13.2 Å². The monoisotopic (exact) mass is 392 g/mol. The van der Waals surface area contributed by atoms with E-state index < -0.39 is 9.84 Å². The van der Waals surface area contributed by atoms with Crippen molar-refractivity contribution >= 4 is 26.9 Å². The lowest BCUT2D eigenvalue weighted by Crippen LogP contribution is -2.42. The molecule has 9 heteroatoms. The molecule has 0 radical (unpaired) electrons. The second-order valence-corrected chi connectivity index (χ2v) is 9.66. The van der Waals surface area contributed by atoms with Crippen molar-refractivity contribution in [2.75, 3.05) is 31.8 Å². The first kappa shape index (κ1) is 18.4. The van der Waals surface area contributed by atoms with Crippen LogP contribution < -0.4 is 0 Å². The van der Waals surface area contributed by atoms with Crippen LogP contribution in [0, 0.1) is 0 Å². The summed E-state index contributed by atoms with van der Waals surface area (Å²) in [6.07, 6.45) is 6.22. The van der Waals surface area contributed by atoms with Crippen molar-refractivity contribution < 1.29 is 17.9 Å². The molecule has 4 heterocycles. The van der Waals surface area contributed by atoms with Crippen LogP contribution >= 0.6 is 0 Å². The maximum Gasteiger partial charge on any atom is 0.255 e. The maximum atomic E-state index is 12.8. The number of amides is 1. The second kappa shape index (κ2) is 7.20. The fourth-order valence-electron chi connectivity index (χ4n) is 3.90. The number of carbonyl (C=O) groups is 1. The summed E-state index contributed by atoms with van der Waals surface area (Å²) in [6, 6.07) is 2.04.